The Kier molecular flexibility index (Phi) is 2.82. The SMILES string of the molecule is Cc1cccc(-c2c(N)n[nH]c2CC2CCC2)c1. The predicted molar refractivity (Wildman–Crippen MR) is 74.2 cm³/mol. The Morgan fingerprint density at radius 3 is 2.89 bits per heavy atom. The van der Waals surface area contributed by atoms with Crippen molar-refractivity contribution in [2.45, 2.75) is 32.6 Å². The molecule has 0 amide bonds. The first-order valence-corrected chi connectivity index (χ1v) is 6.64. The summed E-state index contributed by atoms with van der Waals surface area (Å²) in [6.45, 7) is 2.10. The van der Waals surface area contributed by atoms with Crippen molar-refractivity contribution < 1.29 is 0 Å². The molecule has 3 nitrogen and oxygen atoms in total. The van der Waals surface area contributed by atoms with E-state index in [4.69, 9.17) is 5.73 Å². The summed E-state index contributed by atoms with van der Waals surface area (Å²) in [7, 11) is 0. The van der Waals surface area contributed by atoms with Crippen LogP contribution in [0.5, 0.6) is 0 Å². The molecule has 3 rings (SSSR count). The minimum absolute atomic E-state index is 0.620. The second-order valence-electron chi connectivity index (χ2n) is 5.33. The number of nitrogens with two attached hydrogens (primary N) is 1. The van der Waals surface area contributed by atoms with Gasteiger partial charge in [-0.2, -0.15) is 5.10 Å². The van der Waals surface area contributed by atoms with Gasteiger partial charge in [-0.3, -0.25) is 5.10 Å². The molecule has 1 fully saturated rings. The Balaban J connectivity index is 1.96. The van der Waals surface area contributed by atoms with Gasteiger partial charge in [0.15, 0.2) is 5.82 Å². The maximum absolute atomic E-state index is 6.02. The van der Waals surface area contributed by atoms with Crippen LogP contribution in [0.15, 0.2) is 24.3 Å². The van der Waals surface area contributed by atoms with E-state index in [1.54, 1.807) is 0 Å². The number of nitrogen functional groups attached to an aromatic ring is 1. The lowest BCUT2D eigenvalue weighted by molar-refractivity contribution is 0.312. The molecular weight excluding hydrogens is 222 g/mol. The lowest BCUT2D eigenvalue weighted by Crippen LogP contribution is -2.14. The van der Waals surface area contributed by atoms with Crippen LogP contribution in [0, 0.1) is 12.8 Å². The Labute approximate surface area is 107 Å². The van der Waals surface area contributed by atoms with E-state index in [2.05, 4.69) is 41.4 Å². The smallest absolute Gasteiger partial charge is 0.153 e. The van der Waals surface area contributed by atoms with Crippen molar-refractivity contribution in [1.29, 1.82) is 0 Å². The number of aromatic amines is 1. The monoisotopic (exact) mass is 241 g/mol. The highest BCUT2D eigenvalue weighted by Crippen LogP contribution is 2.35. The predicted octanol–water partition coefficient (Wildman–Crippen LogP) is 3.31. The molecule has 3 N–H and O–H groups in total. The van der Waals surface area contributed by atoms with Crippen LogP contribution < -0.4 is 5.73 Å². The van der Waals surface area contributed by atoms with E-state index in [0.717, 1.165) is 17.9 Å². The second kappa shape index (κ2) is 4.48. The number of rotatable bonds is 3. The summed E-state index contributed by atoms with van der Waals surface area (Å²) in [5.74, 6) is 1.43. The number of anilines is 1. The number of benzene rings is 1. The minimum Gasteiger partial charge on any atom is -0.382 e. The van der Waals surface area contributed by atoms with Crippen molar-refractivity contribution in [3.63, 3.8) is 0 Å². The molecule has 1 heterocycles. The average molecular weight is 241 g/mol. The van der Waals surface area contributed by atoms with Crippen molar-refractivity contribution >= 4 is 5.82 Å². The number of hydrogen-bond donors (Lipinski definition) is 2. The number of H-pyrrole nitrogens is 1. The standard InChI is InChI=1S/C15H19N3/c1-10-4-2-7-12(8-10)14-13(17-18-15(14)16)9-11-5-3-6-11/h2,4,7-8,11H,3,5-6,9H2,1H3,(H3,16,17,18). The van der Waals surface area contributed by atoms with Crippen molar-refractivity contribution in [3.05, 3.63) is 35.5 Å². The van der Waals surface area contributed by atoms with Gasteiger partial charge >= 0.3 is 0 Å². The molecule has 0 bridgehead atoms. The van der Waals surface area contributed by atoms with Crippen LogP contribution in [0.2, 0.25) is 0 Å². The lowest BCUT2D eigenvalue weighted by Gasteiger charge is -2.25. The zero-order valence-corrected chi connectivity index (χ0v) is 10.7. The van der Waals surface area contributed by atoms with Crippen LogP contribution in [0.1, 0.15) is 30.5 Å². The van der Waals surface area contributed by atoms with E-state index >= 15 is 0 Å². The van der Waals surface area contributed by atoms with Crippen LogP contribution in [0.25, 0.3) is 11.1 Å². The number of nitrogens with zero attached hydrogens (tertiary/aromatic N) is 1. The number of aromatic nitrogens is 2. The van der Waals surface area contributed by atoms with Crippen LogP contribution >= 0.6 is 0 Å². The Bertz CT molecular complexity index is 553. The van der Waals surface area contributed by atoms with Crippen LogP contribution in [0.4, 0.5) is 5.82 Å². The van der Waals surface area contributed by atoms with E-state index in [-0.39, 0.29) is 0 Å². The van der Waals surface area contributed by atoms with Crippen molar-refractivity contribution in [3.8, 4) is 11.1 Å². The lowest BCUT2D eigenvalue weighted by atomic mass is 9.81. The second-order valence-corrected chi connectivity index (χ2v) is 5.33. The van der Waals surface area contributed by atoms with Crippen LogP contribution in [-0.4, -0.2) is 10.2 Å². The first-order valence-electron chi connectivity index (χ1n) is 6.64. The summed E-state index contributed by atoms with van der Waals surface area (Å²) >= 11 is 0. The van der Waals surface area contributed by atoms with Gasteiger partial charge in [-0.25, -0.2) is 0 Å². The van der Waals surface area contributed by atoms with Crippen LogP contribution in [-0.2, 0) is 6.42 Å². The fourth-order valence-corrected chi connectivity index (χ4v) is 2.65. The average Bonchev–Trinajstić information content (AvgIpc) is 2.65. The van der Waals surface area contributed by atoms with Gasteiger partial charge < -0.3 is 5.73 Å². The fraction of sp³-hybridized carbons (Fsp3) is 0.400. The largest absolute Gasteiger partial charge is 0.382 e. The Hall–Kier alpha value is -1.77. The summed E-state index contributed by atoms with van der Waals surface area (Å²) in [6.07, 6.45) is 5.12. The minimum atomic E-state index is 0.620. The maximum atomic E-state index is 6.02. The van der Waals surface area contributed by atoms with Gasteiger partial charge in [0.2, 0.25) is 0 Å². The molecule has 18 heavy (non-hydrogen) atoms. The van der Waals surface area contributed by atoms with E-state index in [1.165, 1.54) is 36.1 Å². The molecule has 1 saturated carbocycles. The van der Waals surface area contributed by atoms with E-state index in [0.29, 0.717) is 5.82 Å². The summed E-state index contributed by atoms with van der Waals surface area (Å²) in [5.41, 5.74) is 10.7. The molecule has 1 aliphatic rings. The maximum Gasteiger partial charge on any atom is 0.153 e. The van der Waals surface area contributed by atoms with Gasteiger partial charge in [0.05, 0.1) is 0 Å². The zero-order chi connectivity index (χ0) is 12.5. The first-order chi connectivity index (χ1) is 8.74. The van der Waals surface area contributed by atoms with Gasteiger partial charge in [-0.15, -0.1) is 0 Å². The molecule has 0 spiro atoms. The molecule has 3 heteroatoms. The molecule has 0 unspecified atom stereocenters. The third-order valence-electron chi connectivity index (χ3n) is 3.89. The molecular formula is C15H19N3. The number of aryl methyl sites for hydroxylation is 1. The summed E-state index contributed by atoms with van der Waals surface area (Å²) in [6, 6.07) is 8.46. The molecule has 1 aromatic carbocycles. The molecule has 1 aromatic heterocycles. The molecule has 0 atom stereocenters. The molecule has 1 aliphatic carbocycles. The summed E-state index contributed by atoms with van der Waals surface area (Å²) in [4.78, 5) is 0. The highest BCUT2D eigenvalue weighted by Gasteiger charge is 2.22. The van der Waals surface area contributed by atoms with Gasteiger partial charge in [0.25, 0.3) is 0 Å². The molecule has 94 valence electrons. The van der Waals surface area contributed by atoms with Gasteiger partial charge in [0, 0.05) is 11.3 Å². The zero-order valence-electron chi connectivity index (χ0n) is 10.7. The Morgan fingerprint density at radius 1 is 1.39 bits per heavy atom. The topological polar surface area (TPSA) is 54.7 Å². The number of hydrogen-bond acceptors (Lipinski definition) is 2. The quantitative estimate of drug-likeness (QED) is 0.866. The van der Waals surface area contributed by atoms with E-state index in [1.807, 2.05) is 0 Å². The highest BCUT2D eigenvalue weighted by atomic mass is 15.2. The normalized spacial score (nSPS) is 15.6. The molecule has 0 saturated heterocycles. The van der Waals surface area contributed by atoms with Crippen LogP contribution in [0.3, 0.4) is 0 Å². The number of nitrogens with one attached hydrogen (secondary N) is 1. The van der Waals surface area contributed by atoms with Crippen molar-refractivity contribution in [1.82, 2.24) is 10.2 Å². The van der Waals surface area contributed by atoms with Gasteiger partial charge in [-0.1, -0.05) is 49.1 Å². The van der Waals surface area contributed by atoms with Gasteiger partial charge in [0.1, 0.15) is 0 Å². The summed E-state index contributed by atoms with van der Waals surface area (Å²) in [5, 5.41) is 7.30. The molecule has 2 aromatic rings. The summed E-state index contributed by atoms with van der Waals surface area (Å²) < 4.78 is 0. The van der Waals surface area contributed by atoms with Crippen molar-refractivity contribution in [2.75, 3.05) is 5.73 Å². The van der Waals surface area contributed by atoms with Crippen molar-refractivity contribution in [2.24, 2.45) is 5.92 Å². The van der Waals surface area contributed by atoms with E-state index in [9.17, 15) is 0 Å². The third kappa shape index (κ3) is 2.01. The highest BCUT2D eigenvalue weighted by molar-refractivity contribution is 5.76. The fourth-order valence-electron chi connectivity index (χ4n) is 2.65. The van der Waals surface area contributed by atoms with E-state index < -0.39 is 0 Å². The first kappa shape index (κ1) is 11.3. The van der Waals surface area contributed by atoms with Gasteiger partial charge in [-0.05, 0) is 24.8 Å². The third-order valence-corrected chi connectivity index (χ3v) is 3.89. The molecule has 0 radical (unpaired) electrons. The molecule has 0 aliphatic heterocycles. The Morgan fingerprint density at radius 2 is 2.22 bits per heavy atom.